The van der Waals surface area contributed by atoms with E-state index < -0.39 is 5.91 Å². The molecule has 0 saturated carbocycles. The number of benzene rings is 2. The number of nitrogens with zero attached hydrogens (tertiary/aromatic N) is 1. The lowest BCUT2D eigenvalue weighted by Crippen LogP contribution is -2.24. The maximum atomic E-state index is 12.4. The molecular weight excluding hydrogens is 296 g/mol. The standard InChI is InChI=1S/C17H14N2O4/c1-19-16(21)11-8-7-10(9-12(11)17(19)22)15(20)18-13-5-3-4-6-14(13)23-2/h3-9H,1-2H3,(H,18,20). The Kier molecular flexibility index (Phi) is 3.57. The van der Waals surface area contributed by atoms with Gasteiger partial charge in [-0.2, -0.15) is 0 Å². The van der Waals surface area contributed by atoms with E-state index in [0.717, 1.165) is 4.90 Å². The zero-order chi connectivity index (χ0) is 16.6. The number of ether oxygens (including phenoxy) is 1. The Bertz CT molecular complexity index is 829. The van der Waals surface area contributed by atoms with Gasteiger partial charge in [0.2, 0.25) is 0 Å². The van der Waals surface area contributed by atoms with Crippen molar-refractivity contribution in [2.45, 2.75) is 0 Å². The molecule has 0 fully saturated rings. The molecule has 0 aromatic heterocycles. The lowest BCUT2D eigenvalue weighted by Gasteiger charge is -2.10. The number of hydrogen-bond acceptors (Lipinski definition) is 4. The Hall–Kier alpha value is -3.15. The minimum atomic E-state index is -0.406. The highest BCUT2D eigenvalue weighted by molar-refractivity contribution is 6.22. The van der Waals surface area contributed by atoms with E-state index in [1.807, 2.05) is 0 Å². The SMILES string of the molecule is COc1ccccc1NC(=O)c1ccc2c(c1)C(=O)N(C)C2=O. The molecule has 3 rings (SSSR count). The van der Waals surface area contributed by atoms with E-state index in [-0.39, 0.29) is 17.4 Å². The average Bonchev–Trinajstić information content (AvgIpc) is 2.79. The molecule has 0 unspecified atom stereocenters. The van der Waals surface area contributed by atoms with Crippen LogP contribution in [0.4, 0.5) is 5.69 Å². The number of para-hydroxylation sites is 2. The number of carbonyl (C=O) groups excluding carboxylic acids is 3. The van der Waals surface area contributed by atoms with E-state index in [4.69, 9.17) is 4.74 Å². The first-order valence-corrected chi connectivity index (χ1v) is 6.93. The number of nitrogens with one attached hydrogen (secondary N) is 1. The number of amides is 3. The summed E-state index contributed by atoms with van der Waals surface area (Å²) in [4.78, 5) is 37.3. The largest absolute Gasteiger partial charge is 0.495 e. The van der Waals surface area contributed by atoms with Crippen LogP contribution in [0.2, 0.25) is 0 Å². The molecule has 2 aromatic carbocycles. The average molecular weight is 310 g/mol. The van der Waals surface area contributed by atoms with Gasteiger partial charge in [0.25, 0.3) is 17.7 Å². The van der Waals surface area contributed by atoms with Gasteiger partial charge in [0, 0.05) is 12.6 Å². The highest BCUT2D eigenvalue weighted by Crippen LogP contribution is 2.26. The van der Waals surface area contributed by atoms with Crippen LogP contribution < -0.4 is 10.1 Å². The Morgan fingerprint density at radius 1 is 1.04 bits per heavy atom. The number of carbonyl (C=O) groups is 3. The first-order valence-electron chi connectivity index (χ1n) is 6.93. The summed E-state index contributed by atoms with van der Waals surface area (Å²) in [6.45, 7) is 0. The molecule has 2 aromatic rings. The lowest BCUT2D eigenvalue weighted by atomic mass is 10.1. The molecule has 0 saturated heterocycles. The Morgan fingerprint density at radius 3 is 2.48 bits per heavy atom. The van der Waals surface area contributed by atoms with Crippen LogP contribution in [0, 0.1) is 0 Å². The number of fused-ring (bicyclic) bond motifs is 1. The molecule has 0 radical (unpaired) electrons. The zero-order valence-corrected chi connectivity index (χ0v) is 12.6. The summed E-state index contributed by atoms with van der Waals surface area (Å²) < 4.78 is 5.18. The monoisotopic (exact) mass is 310 g/mol. The predicted molar refractivity (Wildman–Crippen MR) is 83.8 cm³/mol. The molecule has 6 nitrogen and oxygen atoms in total. The van der Waals surface area contributed by atoms with Crippen molar-refractivity contribution < 1.29 is 19.1 Å². The van der Waals surface area contributed by atoms with Crippen molar-refractivity contribution in [3.8, 4) is 5.75 Å². The lowest BCUT2D eigenvalue weighted by molar-refractivity contribution is 0.0693. The predicted octanol–water partition coefficient (Wildman–Crippen LogP) is 2.17. The fraction of sp³-hybridized carbons (Fsp3) is 0.118. The molecule has 3 amide bonds. The van der Waals surface area contributed by atoms with Gasteiger partial charge < -0.3 is 10.1 Å². The zero-order valence-electron chi connectivity index (χ0n) is 12.6. The van der Waals surface area contributed by atoms with E-state index in [2.05, 4.69) is 5.32 Å². The quantitative estimate of drug-likeness (QED) is 0.882. The van der Waals surface area contributed by atoms with Crippen LogP contribution in [-0.2, 0) is 0 Å². The van der Waals surface area contributed by atoms with Crippen LogP contribution in [0.5, 0.6) is 5.75 Å². The third-order valence-electron chi connectivity index (χ3n) is 3.71. The summed E-state index contributed by atoms with van der Waals surface area (Å²) in [7, 11) is 2.93. The van der Waals surface area contributed by atoms with E-state index in [0.29, 0.717) is 22.6 Å². The third kappa shape index (κ3) is 2.44. The topological polar surface area (TPSA) is 75.7 Å². The van der Waals surface area contributed by atoms with Crippen molar-refractivity contribution >= 4 is 23.4 Å². The van der Waals surface area contributed by atoms with Gasteiger partial charge in [0.05, 0.1) is 23.9 Å². The molecule has 23 heavy (non-hydrogen) atoms. The summed E-state index contributed by atoms with van der Waals surface area (Å²) in [5, 5.41) is 2.73. The molecule has 0 spiro atoms. The van der Waals surface area contributed by atoms with Crippen LogP contribution in [0.3, 0.4) is 0 Å². The molecule has 1 aliphatic heterocycles. The smallest absolute Gasteiger partial charge is 0.261 e. The molecule has 116 valence electrons. The van der Waals surface area contributed by atoms with Crippen molar-refractivity contribution in [1.29, 1.82) is 0 Å². The molecule has 1 N–H and O–H groups in total. The first-order chi connectivity index (χ1) is 11.0. The van der Waals surface area contributed by atoms with Gasteiger partial charge in [0.1, 0.15) is 5.75 Å². The van der Waals surface area contributed by atoms with Gasteiger partial charge in [-0.05, 0) is 30.3 Å². The molecule has 1 aliphatic rings. The fourth-order valence-electron chi connectivity index (χ4n) is 2.44. The number of anilines is 1. The first kappa shape index (κ1) is 14.8. The van der Waals surface area contributed by atoms with Gasteiger partial charge in [-0.15, -0.1) is 0 Å². The minimum absolute atomic E-state index is 0.241. The van der Waals surface area contributed by atoms with Crippen LogP contribution in [-0.4, -0.2) is 36.8 Å². The van der Waals surface area contributed by atoms with Gasteiger partial charge in [-0.3, -0.25) is 19.3 Å². The second kappa shape index (κ2) is 5.57. The summed E-state index contributed by atoms with van der Waals surface area (Å²) in [5.41, 5.74) is 1.38. The van der Waals surface area contributed by atoms with Crippen molar-refractivity contribution in [3.63, 3.8) is 0 Å². The maximum Gasteiger partial charge on any atom is 0.261 e. The highest BCUT2D eigenvalue weighted by atomic mass is 16.5. The summed E-state index contributed by atoms with van der Waals surface area (Å²) in [6, 6.07) is 11.5. The van der Waals surface area contributed by atoms with E-state index in [1.165, 1.54) is 32.4 Å². The van der Waals surface area contributed by atoms with Crippen LogP contribution >= 0.6 is 0 Å². The number of hydrogen-bond donors (Lipinski definition) is 1. The third-order valence-corrected chi connectivity index (χ3v) is 3.71. The Morgan fingerprint density at radius 2 is 1.74 bits per heavy atom. The van der Waals surface area contributed by atoms with Gasteiger partial charge in [0.15, 0.2) is 0 Å². The van der Waals surface area contributed by atoms with Gasteiger partial charge in [-0.25, -0.2) is 0 Å². The van der Waals surface area contributed by atoms with Gasteiger partial charge >= 0.3 is 0 Å². The van der Waals surface area contributed by atoms with Crippen molar-refractivity contribution in [1.82, 2.24) is 4.90 Å². The van der Waals surface area contributed by atoms with Crippen molar-refractivity contribution in [2.24, 2.45) is 0 Å². The summed E-state index contributed by atoms with van der Waals surface area (Å²) in [6.07, 6.45) is 0. The molecule has 1 heterocycles. The highest BCUT2D eigenvalue weighted by Gasteiger charge is 2.33. The van der Waals surface area contributed by atoms with Gasteiger partial charge in [-0.1, -0.05) is 12.1 Å². The van der Waals surface area contributed by atoms with Crippen LogP contribution in [0.25, 0.3) is 0 Å². The summed E-state index contributed by atoms with van der Waals surface area (Å²) >= 11 is 0. The summed E-state index contributed by atoms with van der Waals surface area (Å²) in [5.74, 6) is -0.612. The Labute approximate surface area is 132 Å². The van der Waals surface area contributed by atoms with Crippen LogP contribution in [0.15, 0.2) is 42.5 Å². The maximum absolute atomic E-state index is 12.4. The number of imide groups is 1. The second-order valence-corrected chi connectivity index (χ2v) is 5.08. The van der Waals surface area contributed by atoms with Crippen LogP contribution in [0.1, 0.15) is 31.1 Å². The van der Waals surface area contributed by atoms with E-state index >= 15 is 0 Å². The number of methoxy groups -OCH3 is 1. The molecule has 0 atom stereocenters. The molecule has 0 bridgehead atoms. The van der Waals surface area contributed by atoms with E-state index in [1.54, 1.807) is 24.3 Å². The van der Waals surface area contributed by atoms with E-state index in [9.17, 15) is 14.4 Å². The molecule has 0 aliphatic carbocycles. The Balaban J connectivity index is 1.90. The van der Waals surface area contributed by atoms with Crippen molar-refractivity contribution in [3.05, 3.63) is 59.2 Å². The second-order valence-electron chi connectivity index (χ2n) is 5.08. The number of rotatable bonds is 3. The minimum Gasteiger partial charge on any atom is -0.495 e. The molecular formula is C17H14N2O4. The fourth-order valence-corrected chi connectivity index (χ4v) is 2.44. The normalized spacial score (nSPS) is 13.0. The van der Waals surface area contributed by atoms with Crippen molar-refractivity contribution in [2.75, 3.05) is 19.5 Å². The molecule has 6 heteroatoms.